The first-order chi connectivity index (χ1) is 6.74. The highest BCUT2D eigenvalue weighted by atomic mass is 35.5. The van der Waals surface area contributed by atoms with Crippen molar-refractivity contribution in [3.63, 3.8) is 0 Å². The Balaban J connectivity index is 0. The van der Waals surface area contributed by atoms with Gasteiger partial charge >= 0.3 is 0 Å². The molecule has 16 heavy (non-hydrogen) atoms. The van der Waals surface area contributed by atoms with Crippen molar-refractivity contribution in [3.8, 4) is 0 Å². The molecule has 2 N–H and O–H groups in total. The lowest BCUT2D eigenvalue weighted by atomic mass is 10.3. The molecule has 94 valence electrons. The molecular formula is C9H17Cl2N3OS. The van der Waals surface area contributed by atoms with Crippen LogP contribution in [0.1, 0.15) is 24.3 Å². The van der Waals surface area contributed by atoms with Gasteiger partial charge in [0.1, 0.15) is 5.69 Å². The zero-order valence-corrected chi connectivity index (χ0v) is 11.7. The predicted molar refractivity (Wildman–Crippen MR) is 72.1 cm³/mol. The number of hydrogen-bond acceptors (Lipinski definition) is 4. The lowest BCUT2D eigenvalue weighted by molar-refractivity contribution is 0.0946. The van der Waals surface area contributed by atoms with E-state index in [2.05, 4.69) is 15.6 Å². The monoisotopic (exact) mass is 285 g/mol. The number of nitrogens with one attached hydrogen (secondary N) is 2. The molecule has 1 aromatic heterocycles. The van der Waals surface area contributed by atoms with Crippen LogP contribution < -0.4 is 10.6 Å². The van der Waals surface area contributed by atoms with E-state index >= 15 is 0 Å². The fraction of sp³-hybridized carbons (Fsp3) is 0.556. The largest absolute Gasteiger partial charge is 0.349 e. The Morgan fingerprint density at radius 1 is 1.56 bits per heavy atom. The van der Waals surface area contributed by atoms with E-state index in [1.54, 1.807) is 10.9 Å². The average Bonchev–Trinajstić information content (AvgIpc) is 2.67. The number of carbonyl (C=O) groups is 1. The van der Waals surface area contributed by atoms with E-state index in [0.29, 0.717) is 18.3 Å². The van der Waals surface area contributed by atoms with Crippen LogP contribution in [0, 0.1) is 0 Å². The first kappa shape index (κ1) is 18.0. The van der Waals surface area contributed by atoms with Crippen molar-refractivity contribution in [2.75, 3.05) is 13.1 Å². The zero-order chi connectivity index (χ0) is 10.4. The summed E-state index contributed by atoms with van der Waals surface area (Å²) in [7, 11) is 0. The van der Waals surface area contributed by atoms with Gasteiger partial charge in [-0.15, -0.1) is 36.2 Å². The Labute approximate surface area is 112 Å². The summed E-state index contributed by atoms with van der Waals surface area (Å²) in [6, 6.07) is 0.294. The van der Waals surface area contributed by atoms with Crippen LogP contribution in [0.15, 0.2) is 10.9 Å². The molecule has 0 bridgehead atoms. The summed E-state index contributed by atoms with van der Waals surface area (Å²) in [6.07, 6.45) is 0. The lowest BCUT2D eigenvalue weighted by Crippen LogP contribution is -2.38. The molecule has 0 spiro atoms. The molecule has 1 amide bonds. The van der Waals surface area contributed by atoms with Crippen molar-refractivity contribution in [1.29, 1.82) is 0 Å². The topological polar surface area (TPSA) is 54.0 Å². The van der Waals surface area contributed by atoms with Gasteiger partial charge in [-0.05, 0) is 13.5 Å². The van der Waals surface area contributed by atoms with Crippen molar-refractivity contribution in [2.45, 2.75) is 19.9 Å². The van der Waals surface area contributed by atoms with Crippen LogP contribution in [0.3, 0.4) is 0 Å². The molecule has 0 radical (unpaired) electrons. The number of thiazole rings is 1. The summed E-state index contributed by atoms with van der Waals surface area (Å²) in [4.78, 5) is 15.3. The highest BCUT2D eigenvalue weighted by molar-refractivity contribution is 7.07. The minimum atomic E-state index is -0.101. The number of hydrogen-bond donors (Lipinski definition) is 2. The number of likely N-dealkylation sites (N-methyl/N-ethyl adjacent to an activating group) is 1. The molecule has 7 heteroatoms. The number of aromatic nitrogens is 1. The molecule has 0 fully saturated rings. The maximum absolute atomic E-state index is 11.4. The molecule has 1 rings (SSSR count). The summed E-state index contributed by atoms with van der Waals surface area (Å²) in [5, 5.41) is 7.77. The van der Waals surface area contributed by atoms with Crippen LogP contribution in [0.2, 0.25) is 0 Å². The van der Waals surface area contributed by atoms with E-state index < -0.39 is 0 Å². The van der Waals surface area contributed by atoms with E-state index in [1.165, 1.54) is 11.3 Å². The second-order valence-electron chi connectivity index (χ2n) is 3.04. The number of nitrogens with zero attached hydrogens (tertiary/aromatic N) is 1. The molecule has 0 unspecified atom stereocenters. The van der Waals surface area contributed by atoms with Crippen molar-refractivity contribution in [3.05, 3.63) is 16.6 Å². The van der Waals surface area contributed by atoms with Crippen molar-refractivity contribution < 1.29 is 4.79 Å². The smallest absolute Gasteiger partial charge is 0.270 e. The molecule has 0 saturated carbocycles. The number of amides is 1. The minimum Gasteiger partial charge on any atom is -0.349 e. The highest BCUT2D eigenvalue weighted by Crippen LogP contribution is 1.99. The minimum absolute atomic E-state index is 0. The third kappa shape index (κ3) is 6.27. The Bertz CT molecular complexity index is 282. The van der Waals surface area contributed by atoms with Gasteiger partial charge in [0, 0.05) is 18.0 Å². The third-order valence-electron chi connectivity index (χ3n) is 1.79. The first-order valence-corrected chi connectivity index (χ1v) is 5.58. The van der Waals surface area contributed by atoms with E-state index in [1.807, 2.05) is 13.8 Å². The van der Waals surface area contributed by atoms with Crippen LogP contribution in [0.25, 0.3) is 0 Å². The van der Waals surface area contributed by atoms with Crippen molar-refractivity contribution in [1.82, 2.24) is 15.6 Å². The Morgan fingerprint density at radius 3 is 2.75 bits per heavy atom. The first-order valence-electron chi connectivity index (χ1n) is 4.63. The van der Waals surface area contributed by atoms with Gasteiger partial charge in [-0.25, -0.2) is 4.98 Å². The van der Waals surface area contributed by atoms with Gasteiger partial charge < -0.3 is 10.6 Å². The van der Waals surface area contributed by atoms with Gasteiger partial charge in [-0.1, -0.05) is 6.92 Å². The third-order valence-corrected chi connectivity index (χ3v) is 2.37. The predicted octanol–water partition coefficient (Wildman–Crippen LogP) is 1.71. The van der Waals surface area contributed by atoms with Gasteiger partial charge in [0.25, 0.3) is 5.91 Å². The van der Waals surface area contributed by atoms with E-state index in [0.717, 1.165) is 6.54 Å². The standard InChI is InChI=1S/C9H15N3OS.2ClH/c1-3-10-7(2)4-11-9(13)8-5-14-6-12-8;;/h5-7,10H,3-4H2,1-2H3,(H,11,13);2*1H/t7-;;/m1../s1. The normalized spacial score (nSPS) is 10.9. The number of carbonyl (C=O) groups excluding carboxylic acids is 1. The molecule has 0 aliphatic heterocycles. The molecule has 1 atom stereocenters. The summed E-state index contributed by atoms with van der Waals surface area (Å²) >= 11 is 1.42. The van der Waals surface area contributed by atoms with E-state index in [9.17, 15) is 4.79 Å². The van der Waals surface area contributed by atoms with Crippen LogP contribution in [0.5, 0.6) is 0 Å². The molecule has 1 aromatic rings. The Hall–Kier alpha value is -0.360. The van der Waals surface area contributed by atoms with Crippen LogP contribution in [-0.2, 0) is 0 Å². The molecule has 0 saturated heterocycles. The number of rotatable bonds is 5. The van der Waals surface area contributed by atoms with Gasteiger partial charge in [0.05, 0.1) is 5.51 Å². The maximum Gasteiger partial charge on any atom is 0.270 e. The summed E-state index contributed by atoms with van der Waals surface area (Å²) in [6.45, 7) is 5.61. The molecule has 0 aromatic carbocycles. The van der Waals surface area contributed by atoms with Crippen molar-refractivity contribution in [2.24, 2.45) is 0 Å². The van der Waals surface area contributed by atoms with Gasteiger partial charge in [0.2, 0.25) is 0 Å². The molecule has 0 aliphatic rings. The zero-order valence-electron chi connectivity index (χ0n) is 9.23. The Morgan fingerprint density at radius 2 is 2.25 bits per heavy atom. The second kappa shape index (κ2) is 9.84. The van der Waals surface area contributed by atoms with E-state index in [4.69, 9.17) is 0 Å². The quantitative estimate of drug-likeness (QED) is 0.866. The number of halogens is 2. The van der Waals surface area contributed by atoms with Gasteiger partial charge in [-0.3, -0.25) is 4.79 Å². The second-order valence-corrected chi connectivity index (χ2v) is 3.76. The van der Waals surface area contributed by atoms with Crippen LogP contribution in [-0.4, -0.2) is 30.0 Å². The molecular weight excluding hydrogens is 269 g/mol. The van der Waals surface area contributed by atoms with Crippen molar-refractivity contribution >= 4 is 42.1 Å². The SMILES string of the molecule is CCN[C@H](C)CNC(=O)c1cscn1.Cl.Cl. The molecule has 0 aliphatic carbocycles. The summed E-state index contributed by atoms with van der Waals surface area (Å²) in [5.41, 5.74) is 2.15. The fourth-order valence-electron chi connectivity index (χ4n) is 1.08. The highest BCUT2D eigenvalue weighted by Gasteiger charge is 2.08. The van der Waals surface area contributed by atoms with Crippen LogP contribution >= 0.6 is 36.2 Å². The summed E-state index contributed by atoms with van der Waals surface area (Å²) < 4.78 is 0. The summed E-state index contributed by atoms with van der Waals surface area (Å²) in [5.74, 6) is -0.101. The maximum atomic E-state index is 11.4. The Kier molecular flexibility index (Phi) is 11.1. The van der Waals surface area contributed by atoms with E-state index in [-0.39, 0.29) is 30.7 Å². The molecule has 1 heterocycles. The lowest BCUT2D eigenvalue weighted by Gasteiger charge is -2.12. The van der Waals surface area contributed by atoms with Gasteiger partial charge in [-0.2, -0.15) is 0 Å². The van der Waals surface area contributed by atoms with Crippen LogP contribution in [0.4, 0.5) is 0 Å². The molecule has 4 nitrogen and oxygen atoms in total. The fourth-order valence-corrected chi connectivity index (χ4v) is 1.61. The van der Waals surface area contributed by atoms with Gasteiger partial charge in [0.15, 0.2) is 0 Å². The average molecular weight is 286 g/mol.